The van der Waals surface area contributed by atoms with Gasteiger partial charge in [0.1, 0.15) is 10.6 Å². The first-order chi connectivity index (χ1) is 13.3. The second-order valence-electron chi connectivity index (χ2n) is 6.26. The van der Waals surface area contributed by atoms with Gasteiger partial charge in [0, 0.05) is 6.04 Å². The van der Waals surface area contributed by atoms with E-state index in [0.717, 1.165) is 12.8 Å². The highest BCUT2D eigenvalue weighted by Gasteiger charge is 2.33. The molecule has 0 atom stereocenters. The van der Waals surface area contributed by atoms with Crippen molar-refractivity contribution in [3.8, 4) is 11.8 Å². The molecule has 152 valence electrons. The van der Waals surface area contributed by atoms with Gasteiger partial charge < -0.3 is 9.47 Å². The number of nitrogens with one attached hydrogen (secondary N) is 1. The van der Waals surface area contributed by atoms with Crippen LogP contribution in [0.4, 0.5) is 4.79 Å². The number of ether oxygens (including phenoxy) is 2. The highest BCUT2D eigenvalue weighted by atomic mass is 32.2. The Morgan fingerprint density at radius 2 is 1.93 bits per heavy atom. The molecule has 1 fully saturated rings. The first-order valence-corrected chi connectivity index (χ1v) is 10.4. The average molecular weight is 410 g/mol. The Balaban J connectivity index is 1.95. The summed E-state index contributed by atoms with van der Waals surface area (Å²) in [6.45, 7) is 5.53. The lowest BCUT2D eigenvalue weighted by molar-refractivity contribution is 0.242. The summed E-state index contributed by atoms with van der Waals surface area (Å²) in [6, 6.07) is 3.45. The second-order valence-corrected chi connectivity index (χ2v) is 7.88. The van der Waals surface area contributed by atoms with Crippen LogP contribution in [0, 0.1) is 6.92 Å². The summed E-state index contributed by atoms with van der Waals surface area (Å²) in [5, 5.41) is 3.86. The monoisotopic (exact) mass is 410 g/mol. The van der Waals surface area contributed by atoms with Crippen LogP contribution in [-0.4, -0.2) is 42.0 Å². The van der Waals surface area contributed by atoms with Crippen molar-refractivity contribution in [2.75, 3.05) is 13.2 Å². The summed E-state index contributed by atoms with van der Waals surface area (Å²) >= 11 is 0. The summed E-state index contributed by atoms with van der Waals surface area (Å²) < 4.78 is 40.0. The molecule has 3 rings (SSSR count). The molecule has 1 aliphatic rings. The van der Waals surface area contributed by atoms with Gasteiger partial charge in [-0.15, -0.1) is 9.78 Å². The van der Waals surface area contributed by atoms with Crippen LogP contribution in [0.25, 0.3) is 0 Å². The Bertz CT molecular complexity index is 1050. The van der Waals surface area contributed by atoms with Gasteiger partial charge in [-0.2, -0.15) is 0 Å². The number of hydrogen-bond donors (Lipinski definition) is 1. The van der Waals surface area contributed by atoms with Crippen LogP contribution in [0.2, 0.25) is 0 Å². The SMILES string of the molecule is CCOc1cccc(C)c1S(=O)(=O)NC(=O)n1nc(OCC)n(C2CC2)c1=O. The standard InChI is InChI=1S/C17H22N4O6S/c1-4-26-13-8-6-7-11(3)14(13)28(24,25)19-15(22)21-17(23)20(12-9-10-12)16(18-21)27-5-2/h6-8,12H,4-5,9-10H2,1-3H3,(H,19,22). The van der Waals surface area contributed by atoms with Crippen LogP contribution in [0.15, 0.2) is 27.9 Å². The van der Waals surface area contributed by atoms with Crippen molar-refractivity contribution in [2.24, 2.45) is 0 Å². The Kier molecular flexibility index (Phi) is 5.45. The normalized spacial score (nSPS) is 14.0. The largest absolute Gasteiger partial charge is 0.492 e. The van der Waals surface area contributed by atoms with Gasteiger partial charge in [0.05, 0.1) is 13.2 Å². The van der Waals surface area contributed by atoms with Crippen LogP contribution in [0.3, 0.4) is 0 Å². The van der Waals surface area contributed by atoms with Gasteiger partial charge in [-0.1, -0.05) is 12.1 Å². The third-order valence-electron chi connectivity index (χ3n) is 4.12. The first-order valence-electron chi connectivity index (χ1n) is 8.94. The number of amides is 1. The van der Waals surface area contributed by atoms with Crippen molar-refractivity contribution >= 4 is 16.1 Å². The summed E-state index contributed by atoms with van der Waals surface area (Å²) in [4.78, 5) is 24.9. The number of aromatic nitrogens is 3. The highest BCUT2D eigenvalue weighted by molar-refractivity contribution is 7.90. The van der Waals surface area contributed by atoms with Crippen molar-refractivity contribution in [1.82, 2.24) is 19.1 Å². The van der Waals surface area contributed by atoms with Crippen molar-refractivity contribution in [3.05, 3.63) is 34.2 Å². The van der Waals surface area contributed by atoms with Gasteiger partial charge in [-0.05, 0) is 45.2 Å². The molecule has 0 saturated heterocycles. The number of sulfonamides is 1. The van der Waals surface area contributed by atoms with Gasteiger partial charge in [-0.3, -0.25) is 0 Å². The summed E-state index contributed by atoms with van der Waals surface area (Å²) in [7, 11) is -4.30. The zero-order valence-electron chi connectivity index (χ0n) is 15.8. The molecule has 1 aliphatic carbocycles. The van der Waals surface area contributed by atoms with E-state index >= 15 is 0 Å². The third-order valence-corrected chi connectivity index (χ3v) is 5.63. The maximum atomic E-state index is 12.8. The van der Waals surface area contributed by atoms with Crippen LogP contribution in [-0.2, 0) is 10.0 Å². The number of carbonyl (C=O) groups is 1. The molecule has 2 aromatic rings. The van der Waals surface area contributed by atoms with E-state index in [2.05, 4.69) is 5.10 Å². The lowest BCUT2D eigenvalue weighted by Gasteiger charge is -2.13. The molecule has 1 amide bonds. The fourth-order valence-corrected chi connectivity index (χ4v) is 4.12. The molecule has 28 heavy (non-hydrogen) atoms. The lowest BCUT2D eigenvalue weighted by Crippen LogP contribution is -2.40. The fourth-order valence-electron chi connectivity index (χ4n) is 2.81. The van der Waals surface area contributed by atoms with Crippen molar-refractivity contribution in [3.63, 3.8) is 0 Å². The minimum absolute atomic E-state index is 0.00607. The smallest absolute Gasteiger partial charge is 0.360 e. The van der Waals surface area contributed by atoms with Crippen LogP contribution < -0.4 is 19.9 Å². The van der Waals surface area contributed by atoms with Gasteiger partial charge >= 0.3 is 17.7 Å². The molecule has 1 aromatic carbocycles. The Morgan fingerprint density at radius 3 is 2.54 bits per heavy atom. The van der Waals surface area contributed by atoms with E-state index in [4.69, 9.17) is 9.47 Å². The van der Waals surface area contributed by atoms with Gasteiger partial charge in [0.2, 0.25) is 0 Å². The quantitative estimate of drug-likeness (QED) is 0.733. The number of hydrogen-bond acceptors (Lipinski definition) is 7. The number of benzene rings is 1. The first kappa shape index (κ1) is 19.9. The molecular formula is C17H22N4O6S. The molecule has 0 radical (unpaired) electrons. The van der Waals surface area contributed by atoms with Crippen molar-refractivity contribution < 1.29 is 22.7 Å². The van der Waals surface area contributed by atoms with Gasteiger partial charge in [-0.25, -0.2) is 27.3 Å². The van der Waals surface area contributed by atoms with Crippen molar-refractivity contribution in [2.45, 2.75) is 44.6 Å². The molecule has 1 N–H and O–H groups in total. The molecule has 0 aliphatic heterocycles. The number of carbonyl (C=O) groups excluding carboxylic acids is 1. The number of aryl methyl sites for hydroxylation is 1. The number of rotatable bonds is 7. The zero-order chi connectivity index (χ0) is 20.5. The highest BCUT2D eigenvalue weighted by Crippen LogP contribution is 2.36. The molecule has 0 spiro atoms. The van der Waals surface area contributed by atoms with Gasteiger partial charge in [0.15, 0.2) is 0 Å². The van der Waals surface area contributed by atoms with Crippen LogP contribution in [0.5, 0.6) is 11.8 Å². The summed E-state index contributed by atoms with van der Waals surface area (Å²) in [6.07, 6.45) is 1.54. The third kappa shape index (κ3) is 3.75. The fraction of sp³-hybridized carbons (Fsp3) is 0.471. The summed E-state index contributed by atoms with van der Waals surface area (Å²) in [5.41, 5.74) is -0.342. The maximum absolute atomic E-state index is 12.8. The van der Waals surface area contributed by atoms with E-state index in [1.807, 2.05) is 4.72 Å². The van der Waals surface area contributed by atoms with Gasteiger partial charge in [0.25, 0.3) is 10.0 Å². The average Bonchev–Trinajstić information content (AvgIpc) is 3.39. The van der Waals surface area contributed by atoms with E-state index in [1.54, 1.807) is 32.9 Å². The molecule has 10 nitrogen and oxygen atoms in total. The summed E-state index contributed by atoms with van der Waals surface area (Å²) in [5.74, 6) is 0.119. The van der Waals surface area contributed by atoms with E-state index < -0.39 is 21.7 Å². The molecule has 1 aromatic heterocycles. The Labute approximate surface area is 162 Å². The second kappa shape index (κ2) is 7.66. The minimum atomic E-state index is -4.30. The maximum Gasteiger partial charge on any atom is 0.360 e. The molecular weight excluding hydrogens is 388 g/mol. The van der Waals surface area contributed by atoms with E-state index in [-0.39, 0.29) is 35.9 Å². The van der Waals surface area contributed by atoms with E-state index in [1.165, 1.54) is 10.6 Å². The molecule has 11 heteroatoms. The van der Waals surface area contributed by atoms with Crippen LogP contribution in [0.1, 0.15) is 38.3 Å². The minimum Gasteiger partial charge on any atom is -0.492 e. The predicted molar refractivity (Wildman–Crippen MR) is 99.4 cm³/mol. The molecule has 1 saturated carbocycles. The molecule has 1 heterocycles. The predicted octanol–water partition coefficient (Wildman–Crippen LogP) is 1.43. The van der Waals surface area contributed by atoms with E-state index in [9.17, 15) is 18.0 Å². The molecule has 0 bridgehead atoms. The van der Waals surface area contributed by atoms with Crippen molar-refractivity contribution in [1.29, 1.82) is 0 Å². The number of nitrogens with zero attached hydrogens (tertiary/aromatic N) is 3. The topological polar surface area (TPSA) is 122 Å². The zero-order valence-corrected chi connectivity index (χ0v) is 16.7. The van der Waals surface area contributed by atoms with Crippen LogP contribution >= 0.6 is 0 Å². The molecule has 0 unspecified atom stereocenters. The Morgan fingerprint density at radius 1 is 1.25 bits per heavy atom. The Hall–Kier alpha value is -2.82. The lowest BCUT2D eigenvalue weighted by atomic mass is 10.2. The van der Waals surface area contributed by atoms with E-state index in [0.29, 0.717) is 10.2 Å².